The van der Waals surface area contributed by atoms with Crippen LogP contribution in [0.4, 0.5) is 0 Å². The molecule has 5 heteroatoms. The third-order valence-corrected chi connectivity index (χ3v) is 3.82. The van der Waals surface area contributed by atoms with E-state index in [1.165, 1.54) is 6.26 Å². The summed E-state index contributed by atoms with van der Waals surface area (Å²) in [7, 11) is -3.02. The Hall–Kier alpha value is -0.130. The first-order valence-electron chi connectivity index (χ1n) is 4.72. The molecule has 1 saturated carbocycles. The lowest BCUT2D eigenvalue weighted by molar-refractivity contribution is 0.219. The summed E-state index contributed by atoms with van der Waals surface area (Å²) in [5.41, 5.74) is 5.36. The Balaban J connectivity index is 2.53. The minimum Gasteiger partial charge on any atom is -0.330 e. The van der Waals surface area contributed by atoms with Crippen LogP contribution in [0.1, 0.15) is 25.7 Å². The summed E-state index contributed by atoms with van der Waals surface area (Å²) in [6, 6.07) is 0.251. The first-order valence-corrected chi connectivity index (χ1v) is 6.57. The predicted octanol–water partition coefficient (Wildman–Crippen LogP) is 0.149. The van der Waals surface area contributed by atoms with E-state index in [-0.39, 0.29) is 6.04 Å². The van der Waals surface area contributed by atoms with Crippen molar-refractivity contribution in [3.8, 4) is 0 Å². The van der Waals surface area contributed by atoms with Crippen molar-refractivity contribution >= 4 is 10.0 Å². The smallest absolute Gasteiger partial charge is 0.211 e. The van der Waals surface area contributed by atoms with E-state index in [0.717, 1.165) is 25.7 Å². The van der Waals surface area contributed by atoms with Gasteiger partial charge in [0.15, 0.2) is 0 Å². The van der Waals surface area contributed by atoms with Gasteiger partial charge in [-0.05, 0) is 25.8 Å². The molecular formula is C8H18N2O2S. The van der Waals surface area contributed by atoms with Crippen LogP contribution in [0.5, 0.6) is 0 Å². The van der Waals surface area contributed by atoms with Gasteiger partial charge in [-0.1, -0.05) is 6.42 Å². The van der Waals surface area contributed by atoms with Crippen molar-refractivity contribution in [2.24, 2.45) is 5.73 Å². The number of hydrogen-bond donors (Lipinski definition) is 1. The molecule has 0 aromatic rings. The average Bonchev–Trinajstić information content (AvgIpc) is 1.91. The van der Waals surface area contributed by atoms with Crippen LogP contribution in [0.2, 0.25) is 0 Å². The van der Waals surface area contributed by atoms with E-state index >= 15 is 0 Å². The summed E-state index contributed by atoms with van der Waals surface area (Å²) in [4.78, 5) is 0. The van der Waals surface area contributed by atoms with E-state index in [2.05, 4.69) is 0 Å². The summed E-state index contributed by atoms with van der Waals surface area (Å²) in [6.45, 7) is 1.14. The Bertz CT molecular complexity index is 247. The van der Waals surface area contributed by atoms with Crippen molar-refractivity contribution in [2.45, 2.75) is 31.7 Å². The molecule has 0 amide bonds. The van der Waals surface area contributed by atoms with E-state index in [1.807, 2.05) is 0 Å². The fourth-order valence-electron chi connectivity index (χ4n) is 1.54. The third-order valence-electron chi connectivity index (χ3n) is 2.49. The van der Waals surface area contributed by atoms with E-state index in [4.69, 9.17) is 5.73 Å². The van der Waals surface area contributed by atoms with Crippen LogP contribution in [-0.4, -0.2) is 38.1 Å². The Kier molecular flexibility index (Phi) is 3.70. The summed E-state index contributed by atoms with van der Waals surface area (Å²) in [5.74, 6) is 0. The van der Waals surface area contributed by atoms with Crippen LogP contribution in [0.25, 0.3) is 0 Å². The van der Waals surface area contributed by atoms with Crippen molar-refractivity contribution in [2.75, 3.05) is 19.3 Å². The first kappa shape index (κ1) is 10.9. The zero-order chi connectivity index (χ0) is 9.90. The van der Waals surface area contributed by atoms with Crippen molar-refractivity contribution in [3.05, 3.63) is 0 Å². The molecule has 0 aliphatic heterocycles. The normalized spacial score (nSPS) is 19.0. The van der Waals surface area contributed by atoms with E-state index in [9.17, 15) is 8.42 Å². The molecule has 0 bridgehead atoms. The van der Waals surface area contributed by atoms with E-state index in [1.54, 1.807) is 4.31 Å². The van der Waals surface area contributed by atoms with Crippen molar-refractivity contribution in [1.82, 2.24) is 4.31 Å². The van der Waals surface area contributed by atoms with Crippen LogP contribution < -0.4 is 5.73 Å². The number of hydrogen-bond acceptors (Lipinski definition) is 3. The minimum absolute atomic E-state index is 0.251. The number of nitrogens with zero attached hydrogens (tertiary/aromatic N) is 1. The van der Waals surface area contributed by atoms with Crippen LogP contribution in [-0.2, 0) is 10.0 Å². The highest BCUT2D eigenvalue weighted by molar-refractivity contribution is 7.88. The molecule has 0 atom stereocenters. The molecule has 13 heavy (non-hydrogen) atoms. The third kappa shape index (κ3) is 2.93. The molecule has 4 nitrogen and oxygen atoms in total. The van der Waals surface area contributed by atoms with E-state index < -0.39 is 10.0 Å². The second-order valence-electron chi connectivity index (χ2n) is 3.60. The van der Waals surface area contributed by atoms with Crippen LogP contribution >= 0.6 is 0 Å². The van der Waals surface area contributed by atoms with Crippen molar-refractivity contribution in [3.63, 3.8) is 0 Å². The van der Waals surface area contributed by atoms with Gasteiger partial charge < -0.3 is 5.73 Å². The lowest BCUT2D eigenvalue weighted by Crippen LogP contribution is -2.44. The minimum atomic E-state index is -3.02. The topological polar surface area (TPSA) is 63.4 Å². The lowest BCUT2D eigenvalue weighted by atomic mass is 9.93. The molecular weight excluding hydrogens is 188 g/mol. The maximum atomic E-state index is 11.4. The van der Waals surface area contributed by atoms with Crippen LogP contribution in [0.15, 0.2) is 0 Å². The highest BCUT2D eigenvalue weighted by atomic mass is 32.2. The van der Waals surface area contributed by atoms with Gasteiger partial charge in [0.05, 0.1) is 6.26 Å². The Morgan fingerprint density at radius 2 is 2.08 bits per heavy atom. The molecule has 0 unspecified atom stereocenters. The number of sulfonamides is 1. The van der Waals surface area contributed by atoms with Crippen LogP contribution in [0.3, 0.4) is 0 Å². The maximum absolute atomic E-state index is 11.4. The Morgan fingerprint density at radius 1 is 1.46 bits per heavy atom. The van der Waals surface area contributed by atoms with Gasteiger partial charge in [0.1, 0.15) is 0 Å². The second kappa shape index (κ2) is 4.39. The zero-order valence-electron chi connectivity index (χ0n) is 8.07. The van der Waals surface area contributed by atoms with Gasteiger partial charge in [0.2, 0.25) is 10.0 Å². The van der Waals surface area contributed by atoms with Crippen molar-refractivity contribution in [1.29, 1.82) is 0 Å². The van der Waals surface area contributed by atoms with Gasteiger partial charge in [-0.3, -0.25) is 0 Å². The molecule has 0 radical (unpaired) electrons. The predicted molar refractivity (Wildman–Crippen MR) is 52.9 cm³/mol. The molecule has 1 fully saturated rings. The van der Waals surface area contributed by atoms with Gasteiger partial charge >= 0.3 is 0 Å². The van der Waals surface area contributed by atoms with Gasteiger partial charge in [-0.25, -0.2) is 8.42 Å². The average molecular weight is 206 g/mol. The van der Waals surface area contributed by atoms with Crippen LogP contribution in [0, 0.1) is 0 Å². The Morgan fingerprint density at radius 3 is 2.38 bits per heavy atom. The highest BCUT2D eigenvalue weighted by Gasteiger charge is 2.30. The monoisotopic (exact) mass is 206 g/mol. The lowest BCUT2D eigenvalue weighted by Gasteiger charge is -2.35. The molecule has 0 saturated heterocycles. The summed E-state index contributed by atoms with van der Waals surface area (Å²) in [5, 5.41) is 0. The molecule has 2 N–H and O–H groups in total. The molecule has 1 rings (SSSR count). The number of nitrogens with two attached hydrogens (primary N) is 1. The second-order valence-corrected chi connectivity index (χ2v) is 5.54. The Labute approximate surface area is 80.1 Å². The SMILES string of the molecule is CS(=O)(=O)N(CCCN)C1CCC1. The molecule has 0 aromatic heterocycles. The zero-order valence-corrected chi connectivity index (χ0v) is 8.89. The molecule has 78 valence electrons. The summed E-state index contributed by atoms with van der Waals surface area (Å²) < 4.78 is 24.3. The molecule has 0 spiro atoms. The summed E-state index contributed by atoms with van der Waals surface area (Å²) in [6.07, 6.45) is 5.21. The fraction of sp³-hybridized carbons (Fsp3) is 1.00. The largest absolute Gasteiger partial charge is 0.330 e. The van der Waals surface area contributed by atoms with Gasteiger partial charge in [-0.2, -0.15) is 4.31 Å². The molecule has 1 aliphatic rings. The molecule has 0 heterocycles. The molecule has 1 aliphatic carbocycles. The fourth-order valence-corrected chi connectivity index (χ4v) is 2.75. The first-order chi connectivity index (χ1) is 6.05. The van der Waals surface area contributed by atoms with Gasteiger partial charge in [0, 0.05) is 12.6 Å². The van der Waals surface area contributed by atoms with Gasteiger partial charge in [0.25, 0.3) is 0 Å². The quantitative estimate of drug-likeness (QED) is 0.696. The molecule has 0 aromatic carbocycles. The van der Waals surface area contributed by atoms with Gasteiger partial charge in [-0.15, -0.1) is 0 Å². The standard InChI is InChI=1S/C8H18N2O2S/c1-13(11,12)10(7-3-6-9)8-4-2-5-8/h8H,2-7,9H2,1H3. The maximum Gasteiger partial charge on any atom is 0.211 e. The number of rotatable bonds is 5. The summed E-state index contributed by atoms with van der Waals surface area (Å²) >= 11 is 0. The highest BCUT2D eigenvalue weighted by Crippen LogP contribution is 2.26. The van der Waals surface area contributed by atoms with Crippen molar-refractivity contribution < 1.29 is 8.42 Å². The van der Waals surface area contributed by atoms with E-state index in [0.29, 0.717) is 13.1 Å².